The maximum Gasteiger partial charge on any atom is 0.0722 e. The molecule has 0 bridgehead atoms. The number of aliphatic hydroxyl groups is 1. The zero-order chi connectivity index (χ0) is 8.48. The van der Waals surface area contributed by atoms with Gasteiger partial charge in [0.2, 0.25) is 0 Å². The van der Waals surface area contributed by atoms with E-state index in [0.717, 1.165) is 19.3 Å². The lowest BCUT2D eigenvalue weighted by Gasteiger charge is -2.41. The van der Waals surface area contributed by atoms with Crippen molar-refractivity contribution in [2.75, 3.05) is 0 Å². The summed E-state index contributed by atoms with van der Waals surface area (Å²) in [6.45, 7) is 4.18. The molecule has 0 amide bonds. The predicted molar refractivity (Wildman–Crippen MR) is 46.2 cm³/mol. The number of hydrogen-bond donors (Lipinski definition) is 2. The molecule has 0 heterocycles. The monoisotopic (exact) mass is 157 g/mol. The topological polar surface area (TPSA) is 46.2 Å². The van der Waals surface area contributed by atoms with Gasteiger partial charge in [-0.15, -0.1) is 0 Å². The Morgan fingerprint density at radius 3 is 2.45 bits per heavy atom. The van der Waals surface area contributed by atoms with Gasteiger partial charge in [-0.05, 0) is 18.8 Å². The number of nitrogens with two attached hydrogens (primary N) is 1. The molecule has 1 saturated carbocycles. The van der Waals surface area contributed by atoms with Gasteiger partial charge in [-0.1, -0.05) is 26.7 Å². The Balaban J connectivity index is 2.64. The van der Waals surface area contributed by atoms with Gasteiger partial charge in [0.15, 0.2) is 0 Å². The molecule has 2 heteroatoms. The van der Waals surface area contributed by atoms with Crippen LogP contribution in [0.1, 0.15) is 39.5 Å². The fourth-order valence-corrected chi connectivity index (χ4v) is 1.88. The molecule has 0 aromatic heterocycles. The largest absolute Gasteiger partial charge is 0.391 e. The second kappa shape index (κ2) is 3.11. The van der Waals surface area contributed by atoms with E-state index in [4.69, 9.17) is 5.73 Å². The van der Waals surface area contributed by atoms with E-state index in [9.17, 15) is 5.11 Å². The lowest BCUT2D eigenvalue weighted by Crippen LogP contribution is -2.56. The van der Waals surface area contributed by atoms with Crippen molar-refractivity contribution in [1.29, 1.82) is 0 Å². The molecule has 0 aliphatic heterocycles. The van der Waals surface area contributed by atoms with Crippen LogP contribution < -0.4 is 5.73 Å². The van der Waals surface area contributed by atoms with Crippen LogP contribution in [-0.4, -0.2) is 16.7 Å². The van der Waals surface area contributed by atoms with Crippen molar-refractivity contribution in [3.05, 3.63) is 0 Å². The molecule has 11 heavy (non-hydrogen) atoms. The number of hydrogen-bond acceptors (Lipinski definition) is 2. The van der Waals surface area contributed by atoms with E-state index in [1.807, 2.05) is 0 Å². The third-order valence-electron chi connectivity index (χ3n) is 3.03. The van der Waals surface area contributed by atoms with Gasteiger partial charge in [-0.25, -0.2) is 0 Å². The van der Waals surface area contributed by atoms with E-state index in [1.54, 1.807) is 0 Å². The van der Waals surface area contributed by atoms with Crippen LogP contribution >= 0.6 is 0 Å². The fourth-order valence-electron chi connectivity index (χ4n) is 1.88. The summed E-state index contributed by atoms with van der Waals surface area (Å²) in [7, 11) is 0. The van der Waals surface area contributed by atoms with Crippen molar-refractivity contribution in [2.24, 2.45) is 11.7 Å². The predicted octanol–water partition coefficient (Wildman–Crippen LogP) is 1.27. The van der Waals surface area contributed by atoms with Crippen molar-refractivity contribution >= 4 is 0 Å². The Morgan fingerprint density at radius 1 is 1.45 bits per heavy atom. The van der Waals surface area contributed by atoms with Gasteiger partial charge >= 0.3 is 0 Å². The highest BCUT2D eigenvalue weighted by Gasteiger charge is 2.38. The normalized spacial score (nSPS) is 39.5. The van der Waals surface area contributed by atoms with E-state index < -0.39 is 0 Å². The molecule has 3 N–H and O–H groups in total. The van der Waals surface area contributed by atoms with Crippen LogP contribution in [0.25, 0.3) is 0 Å². The maximum absolute atomic E-state index is 9.67. The molecule has 0 aromatic rings. The summed E-state index contributed by atoms with van der Waals surface area (Å²) < 4.78 is 0. The number of aliphatic hydroxyl groups excluding tert-OH is 1. The first-order chi connectivity index (χ1) is 5.07. The van der Waals surface area contributed by atoms with Gasteiger partial charge in [-0.2, -0.15) is 0 Å². The minimum atomic E-state index is -0.307. The van der Waals surface area contributed by atoms with Crippen molar-refractivity contribution in [3.8, 4) is 0 Å². The lowest BCUT2D eigenvalue weighted by molar-refractivity contribution is 0.0205. The first-order valence-electron chi connectivity index (χ1n) is 4.54. The highest BCUT2D eigenvalue weighted by molar-refractivity contribution is 4.96. The highest BCUT2D eigenvalue weighted by atomic mass is 16.3. The van der Waals surface area contributed by atoms with Gasteiger partial charge in [0.25, 0.3) is 0 Å². The van der Waals surface area contributed by atoms with Gasteiger partial charge in [0.05, 0.1) is 6.10 Å². The van der Waals surface area contributed by atoms with Crippen LogP contribution in [0.4, 0.5) is 0 Å². The molecule has 0 radical (unpaired) electrons. The van der Waals surface area contributed by atoms with Crippen LogP contribution in [0.2, 0.25) is 0 Å². The van der Waals surface area contributed by atoms with E-state index in [-0.39, 0.29) is 11.6 Å². The van der Waals surface area contributed by atoms with Crippen LogP contribution in [0, 0.1) is 5.92 Å². The summed E-state index contributed by atoms with van der Waals surface area (Å²) in [6, 6.07) is 0. The average molecular weight is 157 g/mol. The Labute approximate surface area is 68.8 Å². The molecule has 1 fully saturated rings. The summed E-state index contributed by atoms with van der Waals surface area (Å²) in [5.41, 5.74) is 5.79. The number of rotatable bonds is 1. The molecule has 1 aliphatic carbocycles. The second-order valence-electron chi connectivity index (χ2n) is 4.03. The minimum absolute atomic E-state index is 0.281. The third kappa shape index (κ3) is 1.57. The van der Waals surface area contributed by atoms with E-state index in [0.29, 0.717) is 5.92 Å². The molecule has 0 saturated heterocycles. The van der Waals surface area contributed by atoms with Crippen LogP contribution in [-0.2, 0) is 0 Å². The zero-order valence-corrected chi connectivity index (χ0v) is 7.51. The summed E-state index contributed by atoms with van der Waals surface area (Å²) >= 11 is 0. The summed E-state index contributed by atoms with van der Waals surface area (Å²) in [5, 5.41) is 9.67. The quantitative estimate of drug-likeness (QED) is 0.602. The molecular formula is C9H19NO. The molecular weight excluding hydrogens is 138 g/mol. The molecule has 2 atom stereocenters. The fraction of sp³-hybridized carbons (Fsp3) is 1.00. The first kappa shape index (κ1) is 9.01. The van der Waals surface area contributed by atoms with Crippen LogP contribution in [0.5, 0.6) is 0 Å². The highest BCUT2D eigenvalue weighted by Crippen LogP contribution is 2.32. The maximum atomic E-state index is 9.67. The molecule has 66 valence electrons. The zero-order valence-electron chi connectivity index (χ0n) is 7.51. The second-order valence-corrected chi connectivity index (χ2v) is 4.03. The Hall–Kier alpha value is -0.0800. The lowest BCUT2D eigenvalue weighted by atomic mass is 9.73. The summed E-state index contributed by atoms with van der Waals surface area (Å²) in [5.74, 6) is 0.387. The van der Waals surface area contributed by atoms with Crippen molar-refractivity contribution in [1.82, 2.24) is 0 Å². The Bertz CT molecular complexity index is 136. The third-order valence-corrected chi connectivity index (χ3v) is 3.03. The van der Waals surface area contributed by atoms with E-state index in [1.165, 1.54) is 6.42 Å². The average Bonchev–Trinajstić information content (AvgIpc) is 1.95. The molecule has 0 spiro atoms. The molecule has 0 aromatic carbocycles. The molecule has 1 rings (SSSR count). The van der Waals surface area contributed by atoms with Gasteiger partial charge in [-0.3, -0.25) is 0 Å². The Morgan fingerprint density at radius 2 is 2.09 bits per heavy atom. The van der Waals surface area contributed by atoms with Gasteiger partial charge in [0.1, 0.15) is 0 Å². The van der Waals surface area contributed by atoms with E-state index in [2.05, 4.69) is 13.8 Å². The SMILES string of the molecule is CC(C)C1(N)CCCCC1O. The molecule has 1 aliphatic rings. The smallest absolute Gasteiger partial charge is 0.0722 e. The van der Waals surface area contributed by atoms with Gasteiger partial charge < -0.3 is 10.8 Å². The summed E-state index contributed by atoms with van der Waals surface area (Å²) in [6.07, 6.45) is 3.88. The van der Waals surface area contributed by atoms with Crippen molar-refractivity contribution in [2.45, 2.75) is 51.2 Å². The first-order valence-corrected chi connectivity index (χ1v) is 4.54. The van der Waals surface area contributed by atoms with Crippen molar-refractivity contribution in [3.63, 3.8) is 0 Å². The standard InChI is InChI=1S/C9H19NO/c1-7(2)9(10)6-4-3-5-8(9)11/h7-8,11H,3-6,10H2,1-2H3. The van der Waals surface area contributed by atoms with Crippen LogP contribution in [0.3, 0.4) is 0 Å². The van der Waals surface area contributed by atoms with Crippen molar-refractivity contribution < 1.29 is 5.11 Å². The molecule has 2 nitrogen and oxygen atoms in total. The Kier molecular flexibility index (Phi) is 2.55. The van der Waals surface area contributed by atoms with Crippen LogP contribution in [0.15, 0.2) is 0 Å². The van der Waals surface area contributed by atoms with Gasteiger partial charge in [0, 0.05) is 5.54 Å². The molecule has 2 unspecified atom stereocenters. The summed E-state index contributed by atoms with van der Waals surface area (Å²) in [4.78, 5) is 0. The van der Waals surface area contributed by atoms with E-state index >= 15 is 0 Å². The minimum Gasteiger partial charge on any atom is -0.391 e.